The minimum absolute atomic E-state index is 0.209. The number of hydrogen-bond acceptors (Lipinski definition) is 6. The van der Waals surface area contributed by atoms with Gasteiger partial charge in [0.25, 0.3) is 11.8 Å². The number of nitrogens with one attached hydrogen (secondary N) is 3. The third-order valence-corrected chi connectivity index (χ3v) is 6.41. The molecule has 9 nitrogen and oxygen atoms in total. The van der Waals surface area contributed by atoms with Gasteiger partial charge in [-0.25, -0.2) is 4.79 Å². The largest absolute Gasteiger partial charge is 0.488 e. The normalized spacial score (nSPS) is 17.1. The Labute approximate surface area is 206 Å². The van der Waals surface area contributed by atoms with Crippen LogP contribution in [0.15, 0.2) is 65.2 Å². The second-order valence-electron chi connectivity index (χ2n) is 8.85. The maximum absolute atomic E-state index is 13.3. The smallest absolute Gasteiger partial charge is 0.322 e. The number of nitrogens with zero attached hydrogens (tertiary/aromatic N) is 1. The molecule has 1 fully saturated rings. The number of imide groups is 1. The molecule has 1 aromatic heterocycles. The van der Waals surface area contributed by atoms with E-state index in [0.29, 0.717) is 28.3 Å². The Bertz CT molecular complexity index is 1490. The van der Waals surface area contributed by atoms with Gasteiger partial charge in [-0.15, -0.1) is 0 Å². The van der Waals surface area contributed by atoms with Crippen molar-refractivity contribution in [3.8, 4) is 5.75 Å². The van der Waals surface area contributed by atoms with Gasteiger partial charge in [0.1, 0.15) is 23.7 Å². The molecular weight excluding hydrogens is 460 g/mol. The number of benzene rings is 3. The van der Waals surface area contributed by atoms with E-state index < -0.39 is 17.5 Å². The topological polar surface area (TPSA) is 123 Å². The summed E-state index contributed by atoms with van der Waals surface area (Å²) in [6.07, 6.45) is 0. The molecular formula is C27H24N4O5. The van der Waals surface area contributed by atoms with Crippen LogP contribution in [-0.4, -0.2) is 23.0 Å². The van der Waals surface area contributed by atoms with Gasteiger partial charge in [0.2, 0.25) is 0 Å². The standard InChI is InChI=1S/C27H24N4O5/c1-15-22(16(2)36-31-15)14-35-23-13-18-7-5-4-6-17(18)12-21(23)24(32)28-20-10-8-19(9-11-20)27(3)25(33)29-26(34)30-27/h4-13H,14H2,1-3H3,(H,28,32)(H2,29,30,33,34)/t27-/m0/s1. The van der Waals surface area contributed by atoms with Crippen molar-refractivity contribution in [1.29, 1.82) is 0 Å². The molecule has 9 heteroatoms. The minimum atomic E-state index is -1.17. The number of amides is 4. The summed E-state index contributed by atoms with van der Waals surface area (Å²) in [4.78, 5) is 37.1. The van der Waals surface area contributed by atoms with Gasteiger partial charge in [-0.05, 0) is 61.4 Å². The Morgan fingerprint density at radius 1 is 1.06 bits per heavy atom. The van der Waals surface area contributed by atoms with E-state index in [1.165, 1.54) is 0 Å². The molecule has 0 unspecified atom stereocenters. The van der Waals surface area contributed by atoms with E-state index in [9.17, 15) is 14.4 Å². The lowest BCUT2D eigenvalue weighted by Gasteiger charge is -2.21. The van der Waals surface area contributed by atoms with Crippen LogP contribution in [0.3, 0.4) is 0 Å². The Morgan fingerprint density at radius 3 is 2.36 bits per heavy atom. The molecule has 0 aliphatic carbocycles. The van der Waals surface area contributed by atoms with E-state index in [1.807, 2.05) is 44.2 Å². The molecule has 1 aliphatic heterocycles. The Hall–Kier alpha value is -4.66. The summed E-state index contributed by atoms with van der Waals surface area (Å²) in [6, 6.07) is 17.6. The van der Waals surface area contributed by atoms with Gasteiger partial charge < -0.3 is 19.9 Å². The average molecular weight is 485 g/mol. The third-order valence-electron chi connectivity index (χ3n) is 6.41. The van der Waals surface area contributed by atoms with Crippen molar-refractivity contribution in [3.63, 3.8) is 0 Å². The van der Waals surface area contributed by atoms with Crippen molar-refractivity contribution in [3.05, 3.63) is 88.8 Å². The highest BCUT2D eigenvalue weighted by Crippen LogP contribution is 2.30. The second-order valence-corrected chi connectivity index (χ2v) is 8.85. The number of carbonyl (C=O) groups excluding carboxylic acids is 3. The SMILES string of the molecule is Cc1noc(C)c1COc1cc2ccccc2cc1C(=O)Nc1ccc([C@]2(C)NC(=O)NC2=O)cc1. The molecule has 3 N–H and O–H groups in total. The summed E-state index contributed by atoms with van der Waals surface area (Å²) in [7, 11) is 0. The number of fused-ring (bicyclic) bond motifs is 1. The first-order chi connectivity index (χ1) is 17.2. The zero-order valence-electron chi connectivity index (χ0n) is 20.0. The van der Waals surface area contributed by atoms with Gasteiger partial charge >= 0.3 is 6.03 Å². The van der Waals surface area contributed by atoms with Crippen LogP contribution in [0.4, 0.5) is 10.5 Å². The average Bonchev–Trinajstić information content (AvgIpc) is 3.33. The van der Waals surface area contributed by atoms with E-state index in [2.05, 4.69) is 21.1 Å². The first-order valence-electron chi connectivity index (χ1n) is 11.4. The minimum Gasteiger partial charge on any atom is -0.488 e. The summed E-state index contributed by atoms with van der Waals surface area (Å²) >= 11 is 0. The van der Waals surface area contributed by atoms with Crippen LogP contribution in [0.5, 0.6) is 5.75 Å². The van der Waals surface area contributed by atoms with Gasteiger partial charge in [-0.1, -0.05) is 41.6 Å². The fraction of sp³-hybridized carbons (Fsp3) is 0.185. The Balaban J connectivity index is 1.41. The zero-order chi connectivity index (χ0) is 25.4. The third kappa shape index (κ3) is 4.15. The summed E-state index contributed by atoms with van der Waals surface area (Å²) in [5, 5.41) is 13.6. The lowest BCUT2D eigenvalue weighted by Crippen LogP contribution is -2.40. The van der Waals surface area contributed by atoms with Crippen LogP contribution in [-0.2, 0) is 16.9 Å². The van der Waals surface area contributed by atoms with Gasteiger partial charge in [0.05, 0.1) is 16.8 Å². The summed E-state index contributed by atoms with van der Waals surface area (Å²) in [5.41, 5.74) is 1.90. The molecule has 0 spiro atoms. The first kappa shape index (κ1) is 23.1. The maximum atomic E-state index is 13.3. The lowest BCUT2D eigenvalue weighted by atomic mass is 9.92. The molecule has 0 bridgehead atoms. The van der Waals surface area contributed by atoms with Crippen molar-refractivity contribution in [2.45, 2.75) is 32.9 Å². The summed E-state index contributed by atoms with van der Waals surface area (Å²) in [6.45, 7) is 5.49. The van der Waals surface area contributed by atoms with Crippen LogP contribution in [0, 0.1) is 13.8 Å². The number of anilines is 1. The predicted octanol–water partition coefficient (Wildman–Crippen LogP) is 4.33. The number of aromatic nitrogens is 1. The molecule has 2 heterocycles. The number of ether oxygens (including phenoxy) is 1. The number of carbonyl (C=O) groups is 3. The van der Waals surface area contributed by atoms with Crippen molar-refractivity contribution in [2.24, 2.45) is 0 Å². The van der Waals surface area contributed by atoms with Gasteiger partial charge in [0, 0.05) is 5.69 Å². The zero-order valence-corrected chi connectivity index (χ0v) is 20.0. The van der Waals surface area contributed by atoms with E-state index in [0.717, 1.165) is 22.0 Å². The number of urea groups is 1. The van der Waals surface area contributed by atoms with Gasteiger partial charge in [-0.2, -0.15) is 0 Å². The van der Waals surface area contributed by atoms with Crippen LogP contribution in [0.25, 0.3) is 10.8 Å². The molecule has 0 saturated carbocycles. The Kier molecular flexibility index (Phi) is 5.68. The van der Waals surface area contributed by atoms with Gasteiger partial charge in [-0.3, -0.25) is 14.9 Å². The summed E-state index contributed by atoms with van der Waals surface area (Å²) < 4.78 is 11.3. The molecule has 1 atom stereocenters. The quantitative estimate of drug-likeness (QED) is 0.350. The predicted molar refractivity (Wildman–Crippen MR) is 133 cm³/mol. The van der Waals surface area contributed by atoms with Gasteiger partial charge in [0.15, 0.2) is 0 Å². The first-order valence-corrected chi connectivity index (χ1v) is 11.4. The number of hydrogen-bond donors (Lipinski definition) is 3. The van der Waals surface area contributed by atoms with E-state index in [1.54, 1.807) is 37.3 Å². The van der Waals surface area contributed by atoms with Crippen LogP contribution in [0.2, 0.25) is 0 Å². The van der Waals surface area contributed by atoms with E-state index in [-0.39, 0.29) is 12.5 Å². The molecule has 4 amide bonds. The monoisotopic (exact) mass is 484 g/mol. The molecule has 182 valence electrons. The highest BCUT2D eigenvalue weighted by molar-refractivity contribution is 6.09. The van der Waals surface area contributed by atoms with Crippen LogP contribution < -0.4 is 20.7 Å². The molecule has 36 heavy (non-hydrogen) atoms. The fourth-order valence-corrected chi connectivity index (χ4v) is 4.21. The van der Waals surface area contributed by atoms with Crippen molar-refractivity contribution >= 4 is 34.3 Å². The molecule has 5 rings (SSSR count). The van der Waals surface area contributed by atoms with Crippen molar-refractivity contribution in [2.75, 3.05) is 5.32 Å². The van der Waals surface area contributed by atoms with Crippen LogP contribution in [0.1, 0.15) is 39.9 Å². The highest BCUT2D eigenvalue weighted by Gasteiger charge is 2.43. The molecule has 0 radical (unpaired) electrons. The highest BCUT2D eigenvalue weighted by atomic mass is 16.5. The van der Waals surface area contributed by atoms with E-state index >= 15 is 0 Å². The maximum Gasteiger partial charge on any atom is 0.322 e. The van der Waals surface area contributed by atoms with Crippen molar-refractivity contribution in [1.82, 2.24) is 15.8 Å². The van der Waals surface area contributed by atoms with Crippen molar-refractivity contribution < 1.29 is 23.6 Å². The number of rotatable bonds is 6. The molecule has 3 aromatic carbocycles. The lowest BCUT2D eigenvalue weighted by molar-refractivity contribution is -0.123. The summed E-state index contributed by atoms with van der Waals surface area (Å²) in [5.74, 6) is 0.321. The second kappa shape index (κ2) is 8.84. The van der Waals surface area contributed by atoms with Crippen LogP contribution >= 0.6 is 0 Å². The molecule has 4 aromatic rings. The molecule has 1 saturated heterocycles. The Morgan fingerprint density at radius 2 is 1.75 bits per heavy atom. The number of aryl methyl sites for hydroxylation is 2. The fourth-order valence-electron chi connectivity index (χ4n) is 4.21. The molecule has 1 aliphatic rings. The van der Waals surface area contributed by atoms with E-state index in [4.69, 9.17) is 9.26 Å².